The van der Waals surface area contributed by atoms with Crippen molar-refractivity contribution in [1.82, 2.24) is 5.48 Å². The molecule has 11 heteroatoms. The Hall–Kier alpha value is -2.46. The van der Waals surface area contributed by atoms with E-state index >= 15 is 0 Å². The lowest BCUT2D eigenvalue weighted by molar-refractivity contribution is -0.137. The Balaban J connectivity index is 1.63. The molecule has 2 spiro atoms. The summed E-state index contributed by atoms with van der Waals surface area (Å²) >= 11 is 0. The molecular weight excluding hydrogens is 650 g/mol. The van der Waals surface area contributed by atoms with E-state index in [4.69, 9.17) is 25.2 Å². The van der Waals surface area contributed by atoms with Gasteiger partial charge < -0.3 is 18.6 Å². The van der Waals surface area contributed by atoms with E-state index in [-0.39, 0.29) is 22.5 Å². The van der Waals surface area contributed by atoms with Crippen LogP contribution in [0.5, 0.6) is 0 Å². The summed E-state index contributed by atoms with van der Waals surface area (Å²) in [4.78, 5) is 0. The number of hydroxylamine groups is 1. The van der Waals surface area contributed by atoms with Gasteiger partial charge in [-0.2, -0.15) is 18.4 Å². The first kappa shape index (κ1) is 36.3. The molecular formula is C38H51F3N2O5Si. The van der Waals surface area contributed by atoms with Gasteiger partial charge in [0.25, 0.3) is 0 Å². The summed E-state index contributed by atoms with van der Waals surface area (Å²) < 4.78 is 68.0. The predicted octanol–water partition coefficient (Wildman–Crippen LogP) is 9.06. The van der Waals surface area contributed by atoms with Crippen molar-refractivity contribution >= 4 is 8.32 Å². The highest BCUT2D eigenvalue weighted by atomic mass is 28.4. The van der Waals surface area contributed by atoms with Gasteiger partial charge in [-0.1, -0.05) is 39.8 Å². The Labute approximate surface area is 289 Å². The lowest BCUT2D eigenvalue weighted by Crippen LogP contribution is -2.50. The Morgan fingerprint density at radius 3 is 2.27 bits per heavy atom. The second-order valence-corrected chi connectivity index (χ2v) is 21.1. The maximum absolute atomic E-state index is 14.0. The monoisotopic (exact) mass is 700 g/mol. The van der Waals surface area contributed by atoms with Crippen molar-refractivity contribution in [3.05, 3.63) is 69.5 Å². The third-order valence-electron chi connectivity index (χ3n) is 12.3. The largest absolute Gasteiger partial charge is 0.417 e. The van der Waals surface area contributed by atoms with Crippen molar-refractivity contribution in [3.63, 3.8) is 0 Å². The molecule has 2 N–H and O–H groups in total. The van der Waals surface area contributed by atoms with Crippen LogP contribution < -0.4 is 5.48 Å². The molecule has 5 aliphatic rings. The third kappa shape index (κ3) is 6.70. The number of nitrogens with one attached hydrogen (secondary N) is 1. The van der Waals surface area contributed by atoms with E-state index in [1.807, 2.05) is 0 Å². The van der Waals surface area contributed by atoms with Crippen molar-refractivity contribution in [2.24, 2.45) is 11.3 Å². The van der Waals surface area contributed by atoms with E-state index in [9.17, 15) is 23.6 Å². The van der Waals surface area contributed by atoms with Gasteiger partial charge >= 0.3 is 6.18 Å². The lowest BCUT2D eigenvalue weighted by atomic mass is 9.57. The fourth-order valence-electron chi connectivity index (χ4n) is 8.48. The second-order valence-electron chi connectivity index (χ2n) is 16.3. The number of ether oxygens (including phenoxy) is 3. The van der Waals surface area contributed by atoms with E-state index in [0.717, 1.165) is 48.5 Å². The van der Waals surface area contributed by atoms with E-state index in [0.29, 0.717) is 68.9 Å². The number of hydrogen-bond acceptors (Lipinski definition) is 7. The number of nitriles is 1. The van der Waals surface area contributed by atoms with E-state index in [1.165, 1.54) is 18.6 Å². The van der Waals surface area contributed by atoms with Crippen LogP contribution in [0, 0.1) is 22.7 Å². The zero-order valence-corrected chi connectivity index (χ0v) is 30.5. The molecule has 1 aromatic carbocycles. The molecule has 5 fully saturated rings. The maximum Gasteiger partial charge on any atom is 0.417 e. The number of rotatable bonds is 5. The summed E-state index contributed by atoms with van der Waals surface area (Å²) in [5.41, 5.74) is 5.06. The molecule has 3 saturated heterocycles. The highest BCUT2D eigenvalue weighted by molar-refractivity contribution is 6.74. The molecule has 2 aliphatic carbocycles. The Kier molecular flexibility index (Phi) is 9.83. The standard InChI is InChI=1S/C38H51F3N2O5Si/c1-24-21-36(12-7-13-36)22-29(48-49(5,6)35(2,3)4)30(24)32-31(33(43-44)25-10-16-45-17-11-25)34(47-37(32)14-18-46-19-15-37)26-8-9-28(38(39,40)41)27(20-26)23-42/h8-9,20,25,29,34,43-44H,1,7,10-19,21-22H2,2-6H3/b32-30?,33-31+/t29?,34-/m1/s1. The van der Waals surface area contributed by atoms with E-state index < -0.39 is 37.3 Å². The van der Waals surface area contributed by atoms with Crippen molar-refractivity contribution in [2.45, 2.75) is 121 Å². The molecule has 7 nitrogen and oxygen atoms in total. The molecule has 49 heavy (non-hydrogen) atoms. The number of nitrogens with zero attached hydrogens (tertiary/aromatic N) is 1. The first-order valence-corrected chi connectivity index (χ1v) is 20.7. The molecule has 2 atom stereocenters. The predicted molar refractivity (Wildman–Crippen MR) is 182 cm³/mol. The van der Waals surface area contributed by atoms with Gasteiger partial charge in [-0.25, -0.2) is 0 Å². The quantitative estimate of drug-likeness (QED) is 0.234. The zero-order valence-electron chi connectivity index (χ0n) is 29.5. The van der Waals surface area contributed by atoms with E-state index in [2.05, 4.69) is 39.3 Å². The van der Waals surface area contributed by atoms with Crippen LogP contribution in [0.25, 0.3) is 0 Å². The first-order valence-electron chi connectivity index (χ1n) is 17.7. The van der Waals surface area contributed by atoms with Crippen LogP contribution in [0.15, 0.2) is 52.8 Å². The van der Waals surface area contributed by atoms with Gasteiger partial charge in [-0.05, 0) is 96.5 Å². The number of alkyl halides is 3. The third-order valence-corrected chi connectivity index (χ3v) is 16.8. The number of hydrogen-bond donors (Lipinski definition) is 2. The number of allylic oxidation sites excluding steroid dienone is 1. The van der Waals surface area contributed by atoms with Gasteiger partial charge in [0, 0.05) is 56.5 Å². The van der Waals surface area contributed by atoms with Gasteiger partial charge in [0.2, 0.25) is 0 Å². The summed E-state index contributed by atoms with van der Waals surface area (Å²) in [6.45, 7) is 17.9. The molecule has 3 aliphatic heterocycles. The molecule has 268 valence electrons. The molecule has 0 aromatic heterocycles. The fourth-order valence-corrected chi connectivity index (χ4v) is 9.75. The summed E-state index contributed by atoms with van der Waals surface area (Å²) in [5.74, 6) is -0.107. The smallest absolute Gasteiger partial charge is 0.410 e. The Morgan fingerprint density at radius 1 is 1.06 bits per heavy atom. The molecule has 6 rings (SSSR count). The summed E-state index contributed by atoms with van der Waals surface area (Å²) in [6.07, 6.45) is 1.70. The average Bonchev–Trinajstić information content (AvgIpc) is 3.32. The van der Waals surface area contributed by atoms with Crippen molar-refractivity contribution in [1.29, 1.82) is 5.26 Å². The second kappa shape index (κ2) is 13.3. The first-order chi connectivity index (χ1) is 23.0. The van der Waals surface area contributed by atoms with Crippen molar-refractivity contribution in [3.8, 4) is 6.07 Å². The molecule has 0 amide bonds. The van der Waals surface area contributed by atoms with Crippen LogP contribution in [0.1, 0.15) is 101 Å². The van der Waals surface area contributed by atoms with Crippen molar-refractivity contribution in [2.75, 3.05) is 26.4 Å². The molecule has 3 heterocycles. The van der Waals surface area contributed by atoms with Crippen molar-refractivity contribution < 1.29 is 37.0 Å². The van der Waals surface area contributed by atoms with Crippen LogP contribution in [0.2, 0.25) is 18.1 Å². The number of halogens is 3. The maximum atomic E-state index is 14.0. The van der Waals surface area contributed by atoms with E-state index in [1.54, 1.807) is 6.07 Å². The normalized spacial score (nSPS) is 28.8. The Bertz CT molecular complexity index is 1550. The zero-order chi connectivity index (χ0) is 35.4. The van der Waals surface area contributed by atoms with Crippen LogP contribution in [-0.4, -0.2) is 51.7 Å². The van der Waals surface area contributed by atoms with Gasteiger partial charge in [-0.3, -0.25) is 10.7 Å². The molecule has 2 saturated carbocycles. The summed E-state index contributed by atoms with van der Waals surface area (Å²) in [7, 11) is -2.32. The minimum Gasteiger partial charge on any atom is -0.410 e. The van der Waals surface area contributed by atoms with Gasteiger partial charge in [0.1, 0.15) is 6.10 Å². The van der Waals surface area contributed by atoms with Crippen LogP contribution in [0.4, 0.5) is 13.2 Å². The average molecular weight is 701 g/mol. The molecule has 0 radical (unpaired) electrons. The highest BCUT2D eigenvalue weighted by Crippen LogP contribution is 2.61. The molecule has 1 unspecified atom stereocenters. The summed E-state index contributed by atoms with van der Waals surface area (Å²) in [6, 6.07) is 5.46. The molecule has 0 bridgehead atoms. The summed E-state index contributed by atoms with van der Waals surface area (Å²) in [5, 5.41) is 20.8. The lowest BCUT2D eigenvalue weighted by Gasteiger charge is -2.52. The highest BCUT2D eigenvalue weighted by Gasteiger charge is 2.56. The SMILES string of the molecule is C=C1CC2(CCC2)CC(O[Si](C)(C)C(C)(C)C)C1=C1/C(=C(\NO)C2CCOCC2)[C@@H](c2ccc(C(F)(F)F)c(C#N)c2)OC12CCOCC2. The number of benzene rings is 1. The minimum absolute atomic E-state index is 0.0497. The Morgan fingerprint density at radius 2 is 1.71 bits per heavy atom. The topological polar surface area (TPSA) is 93.0 Å². The molecule has 1 aromatic rings. The van der Waals surface area contributed by atoms with Gasteiger partial charge in [0.15, 0.2) is 8.32 Å². The van der Waals surface area contributed by atoms with Gasteiger partial charge in [-0.15, -0.1) is 0 Å². The van der Waals surface area contributed by atoms with Crippen LogP contribution in [-0.2, 0) is 24.8 Å². The minimum atomic E-state index is -4.68. The van der Waals surface area contributed by atoms with Crippen LogP contribution in [0.3, 0.4) is 0 Å². The fraction of sp³-hybridized carbons (Fsp3) is 0.658. The van der Waals surface area contributed by atoms with Gasteiger partial charge in [0.05, 0.1) is 28.9 Å². The van der Waals surface area contributed by atoms with Crippen LogP contribution >= 0.6 is 0 Å².